The van der Waals surface area contributed by atoms with E-state index in [4.69, 9.17) is 4.74 Å². The lowest BCUT2D eigenvalue weighted by Crippen LogP contribution is -2.38. The van der Waals surface area contributed by atoms with Crippen LogP contribution in [0.5, 0.6) is 0 Å². The molecule has 0 fully saturated rings. The first-order valence-electron chi connectivity index (χ1n) is 7.79. The summed E-state index contributed by atoms with van der Waals surface area (Å²) < 4.78 is 5.10. The van der Waals surface area contributed by atoms with Gasteiger partial charge < -0.3 is 15.4 Å². The summed E-state index contributed by atoms with van der Waals surface area (Å²) in [6.07, 6.45) is 0.253. The number of benzene rings is 1. The monoisotopic (exact) mass is 305 g/mol. The zero-order chi connectivity index (χ0) is 16.4. The highest BCUT2D eigenvalue weighted by atomic mass is 16.5. The van der Waals surface area contributed by atoms with Crippen LogP contribution in [0.2, 0.25) is 0 Å². The van der Waals surface area contributed by atoms with Gasteiger partial charge in [0.15, 0.2) is 5.96 Å². The molecule has 0 saturated carbocycles. The number of nitrogens with zero attached hydrogens (tertiary/aromatic N) is 1. The summed E-state index contributed by atoms with van der Waals surface area (Å²) in [5.41, 5.74) is 2.42. The SMILES string of the molecule is CCNC(=NCc1ccccc1C)NCCC(=O)OC(C)C. The van der Waals surface area contributed by atoms with Crippen LogP contribution in [0.1, 0.15) is 38.3 Å². The second kappa shape index (κ2) is 9.82. The zero-order valence-corrected chi connectivity index (χ0v) is 14.0. The molecule has 2 N–H and O–H groups in total. The largest absolute Gasteiger partial charge is 0.463 e. The van der Waals surface area contributed by atoms with Crippen LogP contribution < -0.4 is 10.6 Å². The Balaban J connectivity index is 2.49. The van der Waals surface area contributed by atoms with Crippen LogP contribution in [-0.2, 0) is 16.1 Å². The molecule has 0 aromatic heterocycles. The van der Waals surface area contributed by atoms with Gasteiger partial charge in [0.05, 0.1) is 19.1 Å². The van der Waals surface area contributed by atoms with Crippen LogP contribution in [0.25, 0.3) is 0 Å². The summed E-state index contributed by atoms with van der Waals surface area (Å²) in [5, 5.41) is 6.33. The lowest BCUT2D eigenvalue weighted by molar-refractivity contribution is -0.147. The molecule has 0 bridgehead atoms. The van der Waals surface area contributed by atoms with Crippen molar-refractivity contribution < 1.29 is 9.53 Å². The maximum absolute atomic E-state index is 11.5. The number of aliphatic imine (C=N–C) groups is 1. The van der Waals surface area contributed by atoms with Crippen LogP contribution in [0.4, 0.5) is 0 Å². The Labute approximate surface area is 133 Å². The van der Waals surface area contributed by atoms with Crippen molar-refractivity contribution in [1.29, 1.82) is 0 Å². The molecule has 1 rings (SSSR count). The van der Waals surface area contributed by atoms with Gasteiger partial charge in [0.1, 0.15) is 0 Å². The van der Waals surface area contributed by atoms with Gasteiger partial charge in [-0.05, 0) is 38.8 Å². The van der Waals surface area contributed by atoms with Crippen molar-refractivity contribution in [3.63, 3.8) is 0 Å². The molecule has 0 radical (unpaired) electrons. The molecular formula is C17H27N3O2. The number of esters is 1. The molecule has 0 heterocycles. The number of ether oxygens (including phenoxy) is 1. The molecule has 0 atom stereocenters. The molecule has 122 valence electrons. The number of aryl methyl sites for hydroxylation is 1. The fourth-order valence-electron chi connectivity index (χ4n) is 1.90. The summed E-state index contributed by atoms with van der Waals surface area (Å²) in [5.74, 6) is 0.514. The highest BCUT2D eigenvalue weighted by molar-refractivity contribution is 5.80. The minimum Gasteiger partial charge on any atom is -0.463 e. The number of nitrogens with one attached hydrogen (secondary N) is 2. The molecule has 0 unspecified atom stereocenters. The van der Waals surface area contributed by atoms with E-state index < -0.39 is 0 Å². The van der Waals surface area contributed by atoms with Gasteiger partial charge >= 0.3 is 5.97 Å². The van der Waals surface area contributed by atoms with Gasteiger partial charge in [-0.3, -0.25) is 4.79 Å². The van der Waals surface area contributed by atoms with Gasteiger partial charge in [0.2, 0.25) is 0 Å². The first-order valence-corrected chi connectivity index (χ1v) is 7.79. The number of hydrogen-bond acceptors (Lipinski definition) is 3. The van der Waals surface area contributed by atoms with E-state index in [1.807, 2.05) is 32.9 Å². The van der Waals surface area contributed by atoms with E-state index in [0.29, 0.717) is 25.5 Å². The summed E-state index contributed by atoms with van der Waals surface area (Å²) in [7, 11) is 0. The van der Waals surface area contributed by atoms with Gasteiger partial charge in [-0.2, -0.15) is 0 Å². The molecule has 0 aliphatic carbocycles. The predicted molar refractivity (Wildman–Crippen MR) is 89.8 cm³/mol. The number of hydrogen-bond donors (Lipinski definition) is 2. The lowest BCUT2D eigenvalue weighted by atomic mass is 10.1. The first-order chi connectivity index (χ1) is 10.5. The Morgan fingerprint density at radius 2 is 2.00 bits per heavy atom. The Kier molecular flexibility index (Phi) is 8.04. The molecule has 1 aromatic rings. The lowest BCUT2D eigenvalue weighted by Gasteiger charge is -2.12. The van der Waals surface area contributed by atoms with Crippen molar-refractivity contribution in [2.75, 3.05) is 13.1 Å². The van der Waals surface area contributed by atoms with Gasteiger partial charge in [-0.15, -0.1) is 0 Å². The maximum Gasteiger partial charge on any atom is 0.307 e. The van der Waals surface area contributed by atoms with Crippen molar-refractivity contribution >= 4 is 11.9 Å². The van der Waals surface area contributed by atoms with E-state index in [1.54, 1.807) is 0 Å². The minimum atomic E-state index is -0.197. The van der Waals surface area contributed by atoms with Crippen LogP contribution >= 0.6 is 0 Å². The first kappa shape index (κ1) is 18.0. The predicted octanol–water partition coefficient (Wildman–Crippen LogP) is 2.39. The number of guanidine groups is 1. The van der Waals surface area contributed by atoms with Gasteiger partial charge in [-0.25, -0.2) is 4.99 Å². The van der Waals surface area contributed by atoms with Crippen LogP contribution in [0, 0.1) is 6.92 Å². The molecule has 5 nitrogen and oxygen atoms in total. The van der Waals surface area contributed by atoms with E-state index in [9.17, 15) is 4.79 Å². The number of carbonyl (C=O) groups is 1. The highest BCUT2D eigenvalue weighted by Gasteiger charge is 2.06. The molecule has 1 aromatic carbocycles. The summed E-state index contributed by atoms with van der Waals surface area (Å²) >= 11 is 0. The summed E-state index contributed by atoms with van der Waals surface area (Å²) in [6.45, 7) is 9.67. The second-order valence-electron chi connectivity index (χ2n) is 5.34. The Hall–Kier alpha value is -2.04. The van der Waals surface area contributed by atoms with E-state index in [-0.39, 0.29) is 12.1 Å². The fourth-order valence-corrected chi connectivity index (χ4v) is 1.90. The highest BCUT2D eigenvalue weighted by Crippen LogP contribution is 2.07. The standard InChI is InChI=1S/C17H27N3O2/c1-5-18-17(19-11-10-16(21)22-13(2)3)20-12-15-9-7-6-8-14(15)4/h6-9,13H,5,10-12H2,1-4H3,(H2,18,19,20). The summed E-state index contributed by atoms with van der Waals surface area (Å²) in [4.78, 5) is 16.0. The molecule has 0 amide bonds. The fraction of sp³-hybridized carbons (Fsp3) is 0.529. The average Bonchev–Trinajstić information content (AvgIpc) is 2.45. The Morgan fingerprint density at radius 3 is 2.64 bits per heavy atom. The number of rotatable bonds is 7. The molecule has 0 saturated heterocycles. The third kappa shape index (κ3) is 7.11. The molecule has 0 spiro atoms. The van der Waals surface area contributed by atoms with E-state index >= 15 is 0 Å². The Morgan fingerprint density at radius 1 is 1.27 bits per heavy atom. The number of carbonyl (C=O) groups excluding carboxylic acids is 1. The summed E-state index contributed by atoms with van der Waals surface area (Å²) in [6, 6.07) is 8.18. The second-order valence-corrected chi connectivity index (χ2v) is 5.34. The van der Waals surface area contributed by atoms with Crippen LogP contribution in [0.15, 0.2) is 29.3 Å². The third-order valence-electron chi connectivity index (χ3n) is 3.00. The molecule has 0 aliphatic rings. The maximum atomic E-state index is 11.5. The third-order valence-corrected chi connectivity index (χ3v) is 3.00. The van der Waals surface area contributed by atoms with Crippen LogP contribution in [-0.4, -0.2) is 31.1 Å². The molecule has 5 heteroatoms. The van der Waals surface area contributed by atoms with Crippen molar-refractivity contribution in [3.05, 3.63) is 35.4 Å². The van der Waals surface area contributed by atoms with Crippen molar-refractivity contribution in [2.45, 2.75) is 46.8 Å². The Bertz CT molecular complexity index is 498. The molecular weight excluding hydrogens is 278 g/mol. The minimum absolute atomic E-state index is 0.0736. The van der Waals surface area contributed by atoms with Crippen LogP contribution in [0.3, 0.4) is 0 Å². The zero-order valence-electron chi connectivity index (χ0n) is 14.0. The van der Waals surface area contributed by atoms with E-state index in [0.717, 1.165) is 6.54 Å². The van der Waals surface area contributed by atoms with Crippen molar-refractivity contribution in [2.24, 2.45) is 4.99 Å². The van der Waals surface area contributed by atoms with Crippen molar-refractivity contribution in [1.82, 2.24) is 10.6 Å². The topological polar surface area (TPSA) is 62.7 Å². The van der Waals surface area contributed by atoms with Gasteiger partial charge in [0.25, 0.3) is 0 Å². The van der Waals surface area contributed by atoms with Gasteiger partial charge in [0, 0.05) is 13.1 Å². The van der Waals surface area contributed by atoms with Crippen molar-refractivity contribution in [3.8, 4) is 0 Å². The molecule has 22 heavy (non-hydrogen) atoms. The normalized spacial score (nSPS) is 11.4. The molecule has 0 aliphatic heterocycles. The van der Waals surface area contributed by atoms with Gasteiger partial charge in [-0.1, -0.05) is 24.3 Å². The van der Waals surface area contributed by atoms with E-state index in [1.165, 1.54) is 11.1 Å². The average molecular weight is 305 g/mol. The quantitative estimate of drug-likeness (QED) is 0.461. The van der Waals surface area contributed by atoms with E-state index in [2.05, 4.69) is 34.7 Å². The smallest absolute Gasteiger partial charge is 0.307 e.